The van der Waals surface area contributed by atoms with Gasteiger partial charge in [-0.25, -0.2) is 14.4 Å². The average Bonchev–Trinajstić information content (AvgIpc) is 2.44. The number of aryl methyl sites for hydroxylation is 1. The SMILES string of the molecule is COCCNCc1ccnc(-c2ccc(F)cc2C)n1. The molecule has 0 unspecified atom stereocenters. The quantitative estimate of drug-likeness (QED) is 0.822. The van der Waals surface area contributed by atoms with Crippen LogP contribution in [-0.2, 0) is 11.3 Å². The van der Waals surface area contributed by atoms with Crippen molar-refractivity contribution >= 4 is 0 Å². The van der Waals surface area contributed by atoms with E-state index >= 15 is 0 Å². The lowest BCUT2D eigenvalue weighted by Gasteiger charge is -2.07. The molecule has 0 aliphatic carbocycles. The van der Waals surface area contributed by atoms with Gasteiger partial charge in [-0.05, 0) is 36.8 Å². The van der Waals surface area contributed by atoms with Gasteiger partial charge in [-0.3, -0.25) is 0 Å². The third-order valence-electron chi connectivity index (χ3n) is 2.93. The molecule has 0 bridgehead atoms. The highest BCUT2D eigenvalue weighted by atomic mass is 19.1. The van der Waals surface area contributed by atoms with E-state index in [-0.39, 0.29) is 5.82 Å². The Morgan fingerprint density at radius 3 is 2.90 bits per heavy atom. The topological polar surface area (TPSA) is 47.0 Å². The molecule has 0 atom stereocenters. The second-order valence-electron chi connectivity index (χ2n) is 4.50. The molecule has 1 heterocycles. The Balaban J connectivity index is 2.12. The number of methoxy groups -OCH3 is 1. The number of rotatable bonds is 6. The number of hydrogen-bond acceptors (Lipinski definition) is 4. The van der Waals surface area contributed by atoms with E-state index in [1.165, 1.54) is 12.1 Å². The van der Waals surface area contributed by atoms with Crippen LogP contribution < -0.4 is 5.32 Å². The van der Waals surface area contributed by atoms with Crippen molar-refractivity contribution in [3.8, 4) is 11.4 Å². The fraction of sp³-hybridized carbons (Fsp3) is 0.333. The zero-order valence-corrected chi connectivity index (χ0v) is 11.7. The van der Waals surface area contributed by atoms with Crippen LogP contribution >= 0.6 is 0 Å². The molecule has 0 amide bonds. The van der Waals surface area contributed by atoms with Crippen LogP contribution in [0.3, 0.4) is 0 Å². The van der Waals surface area contributed by atoms with Crippen LogP contribution in [0.15, 0.2) is 30.5 Å². The normalized spacial score (nSPS) is 10.8. The summed E-state index contributed by atoms with van der Waals surface area (Å²) in [6.07, 6.45) is 1.72. The summed E-state index contributed by atoms with van der Waals surface area (Å²) < 4.78 is 18.1. The third kappa shape index (κ3) is 3.82. The largest absolute Gasteiger partial charge is 0.383 e. The molecule has 2 rings (SSSR count). The summed E-state index contributed by atoms with van der Waals surface area (Å²) in [7, 11) is 1.67. The van der Waals surface area contributed by atoms with Gasteiger partial charge in [0.1, 0.15) is 5.82 Å². The van der Waals surface area contributed by atoms with Crippen molar-refractivity contribution < 1.29 is 9.13 Å². The van der Waals surface area contributed by atoms with Crippen LogP contribution in [0.1, 0.15) is 11.3 Å². The fourth-order valence-electron chi connectivity index (χ4n) is 1.89. The molecule has 5 heteroatoms. The molecule has 1 N–H and O–H groups in total. The first-order valence-electron chi connectivity index (χ1n) is 6.49. The monoisotopic (exact) mass is 275 g/mol. The van der Waals surface area contributed by atoms with Crippen LogP contribution in [0.2, 0.25) is 0 Å². The number of nitrogens with zero attached hydrogens (tertiary/aromatic N) is 2. The van der Waals surface area contributed by atoms with Crippen LogP contribution in [-0.4, -0.2) is 30.2 Å². The Morgan fingerprint density at radius 1 is 1.30 bits per heavy atom. The highest BCUT2D eigenvalue weighted by Gasteiger charge is 2.06. The summed E-state index contributed by atoms with van der Waals surface area (Å²) in [5, 5.41) is 3.23. The highest BCUT2D eigenvalue weighted by Crippen LogP contribution is 2.20. The molecular weight excluding hydrogens is 257 g/mol. The molecule has 1 aromatic heterocycles. The predicted molar refractivity (Wildman–Crippen MR) is 75.7 cm³/mol. The van der Waals surface area contributed by atoms with Gasteiger partial charge < -0.3 is 10.1 Å². The van der Waals surface area contributed by atoms with Crippen LogP contribution in [0.5, 0.6) is 0 Å². The summed E-state index contributed by atoms with van der Waals surface area (Å²) in [5.41, 5.74) is 2.58. The Bertz CT molecular complexity index is 575. The van der Waals surface area contributed by atoms with Gasteiger partial charge in [-0.1, -0.05) is 0 Å². The molecule has 4 nitrogen and oxygen atoms in total. The molecule has 0 spiro atoms. The van der Waals surface area contributed by atoms with Crippen molar-refractivity contribution in [3.63, 3.8) is 0 Å². The van der Waals surface area contributed by atoms with Crippen LogP contribution in [0, 0.1) is 12.7 Å². The zero-order chi connectivity index (χ0) is 14.4. The minimum Gasteiger partial charge on any atom is -0.383 e. The minimum absolute atomic E-state index is 0.247. The molecule has 0 fully saturated rings. The highest BCUT2D eigenvalue weighted by molar-refractivity contribution is 5.59. The lowest BCUT2D eigenvalue weighted by atomic mass is 10.1. The Hall–Kier alpha value is -1.85. The van der Waals surface area contributed by atoms with E-state index in [9.17, 15) is 4.39 Å². The van der Waals surface area contributed by atoms with Gasteiger partial charge in [0.2, 0.25) is 0 Å². The van der Waals surface area contributed by atoms with Crippen LogP contribution in [0.4, 0.5) is 4.39 Å². The van der Waals surface area contributed by atoms with E-state index in [0.717, 1.165) is 23.4 Å². The number of halogens is 1. The van der Waals surface area contributed by atoms with Gasteiger partial charge in [0.05, 0.1) is 12.3 Å². The molecule has 0 radical (unpaired) electrons. The summed E-state index contributed by atoms with van der Waals surface area (Å²) in [6, 6.07) is 6.49. The molecule has 0 saturated carbocycles. The Kier molecular flexibility index (Phi) is 5.15. The van der Waals surface area contributed by atoms with E-state index in [0.29, 0.717) is 19.0 Å². The first-order valence-corrected chi connectivity index (χ1v) is 6.49. The van der Waals surface area contributed by atoms with Gasteiger partial charge in [0, 0.05) is 32.0 Å². The van der Waals surface area contributed by atoms with Gasteiger partial charge in [-0.2, -0.15) is 0 Å². The maximum absolute atomic E-state index is 13.1. The first kappa shape index (κ1) is 14.6. The Labute approximate surface area is 118 Å². The number of ether oxygens (including phenoxy) is 1. The standard InChI is InChI=1S/C15H18FN3O/c1-11-9-12(16)3-4-14(11)15-18-6-5-13(19-15)10-17-7-8-20-2/h3-6,9,17H,7-8,10H2,1-2H3. The van der Waals surface area contributed by atoms with Gasteiger partial charge in [0.15, 0.2) is 5.82 Å². The number of aromatic nitrogens is 2. The molecule has 2 aromatic rings. The molecule has 0 aliphatic rings. The average molecular weight is 275 g/mol. The summed E-state index contributed by atoms with van der Waals surface area (Å²) in [6.45, 7) is 3.94. The van der Waals surface area contributed by atoms with Crippen molar-refractivity contribution in [2.45, 2.75) is 13.5 Å². The van der Waals surface area contributed by atoms with Crippen molar-refractivity contribution in [2.24, 2.45) is 0 Å². The van der Waals surface area contributed by atoms with E-state index < -0.39 is 0 Å². The minimum atomic E-state index is -0.247. The van der Waals surface area contributed by atoms with E-state index in [1.54, 1.807) is 19.4 Å². The van der Waals surface area contributed by atoms with E-state index in [4.69, 9.17) is 4.74 Å². The summed E-state index contributed by atoms with van der Waals surface area (Å²) in [5.74, 6) is 0.372. The van der Waals surface area contributed by atoms with Gasteiger partial charge in [-0.15, -0.1) is 0 Å². The lowest BCUT2D eigenvalue weighted by molar-refractivity contribution is 0.199. The molecule has 0 aliphatic heterocycles. The fourth-order valence-corrected chi connectivity index (χ4v) is 1.89. The maximum Gasteiger partial charge on any atom is 0.159 e. The number of benzene rings is 1. The maximum atomic E-state index is 13.1. The number of hydrogen-bond donors (Lipinski definition) is 1. The molecule has 0 saturated heterocycles. The lowest BCUT2D eigenvalue weighted by Crippen LogP contribution is -2.19. The summed E-state index contributed by atoms with van der Waals surface area (Å²) >= 11 is 0. The van der Waals surface area contributed by atoms with Crippen molar-refractivity contribution in [1.82, 2.24) is 15.3 Å². The molecule has 106 valence electrons. The third-order valence-corrected chi connectivity index (χ3v) is 2.93. The van der Waals surface area contributed by atoms with Gasteiger partial charge >= 0.3 is 0 Å². The smallest absolute Gasteiger partial charge is 0.159 e. The summed E-state index contributed by atoms with van der Waals surface area (Å²) in [4.78, 5) is 8.75. The van der Waals surface area contributed by atoms with Crippen molar-refractivity contribution in [3.05, 3.63) is 47.5 Å². The molecule has 1 aromatic carbocycles. The molecule has 20 heavy (non-hydrogen) atoms. The second-order valence-corrected chi connectivity index (χ2v) is 4.50. The predicted octanol–water partition coefficient (Wildman–Crippen LogP) is 2.33. The van der Waals surface area contributed by atoms with E-state index in [2.05, 4.69) is 15.3 Å². The van der Waals surface area contributed by atoms with Crippen molar-refractivity contribution in [1.29, 1.82) is 0 Å². The van der Waals surface area contributed by atoms with Crippen molar-refractivity contribution in [2.75, 3.05) is 20.3 Å². The molecular formula is C15H18FN3O. The first-order chi connectivity index (χ1) is 9.70. The Morgan fingerprint density at radius 2 is 2.15 bits per heavy atom. The second kappa shape index (κ2) is 7.07. The number of nitrogens with one attached hydrogen (secondary N) is 1. The van der Waals surface area contributed by atoms with Crippen LogP contribution in [0.25, 0.3) is 11.4 Å². The van der Waals surface area contributed by atoms with E-state index in [1.807, 2.05) is 13.0 Å². The zero-order valence-electron chi connectivity index (χ0n) is 11.7. The van der Waals surface area contributed by atoms with Gasteiger partial charge in [0.25, 0.3) is 0 Å².